The first-order chi connectivity index (χ1) is 12.3. The highest BCUT2D eigenvalue weighted by molar-refractivity contribution is 5.99. The average Bonchev–Trinajstić information content (AvgIpc) is 3.02. The lowest BCUT2D eigenvalue weighted by molar-refractivity contribution is 0.0277. The van der Waals surface area contributed by atoms with E-state index in [0.717, 1.165) is 23.8 Å². The van der Waals surface area contributed by atoms with Crippen LogP contribution < -0.4 is 0 Å². The number of nitriles is 1. The van der Waals surface area contributed by atoms with Crippen LogP contribution in [0, 0.1) is 11.3 Å². The standard InChI is InChI=1S/C19H22N2O4/c1-23-13-16-15-5-2-3-6-17(15)25-18(16)19(22)21(10-4-9-20)14-7-11-24-12-8-14/h2-3,5-6,14H,4,7-8,10-13H2,1H3. The molecule has 132 valence electrons. The van der Waals surface area contributed by atoms with Crippen molar-refractivity contribution < 1.29 is 18.7 Å². The van der Waals surface area contributed by atoms with Gasteiger partial charge >= 0.3 is 0 Å². The lowest BCUT2D eigenvalue weighted by Crippen LogP contribution is -2.44. The number of hydrogen-bond acceptors (Lipinski definition) is 5. The van der Waals surface area contributed by atoms with Crippen molar-refractivity contribution in [1.82, 2.24) is 4.90 Å². The van der Waals surface area contributed by atoms with Gasteiger partial charge in [-0.15, -0.1) is 0 Å². The van der Waals surface area contributed by atoms with Gasteiger partial charge in [0, 0.05) is 43.9 Å². The lowest BCUT2D eigenvalue weighted by Gasteiger charge is -2.33. The summed E-state index contributed by atoms with van der Waals surface area (Å²) in [6, 6.07) is 9.76. The van der Waals surface area contributed by atoms with Gasteiger partial charge in [-0.3, -0.25) is 4.79 Å². The molecule has 3 rings (SSSR count). The van der Waals surface area contributed by atoms with Crippen molar-refractivity contribution in [1.29, 1.82) is 5.26 Å². The van der Waals surface area contributed by atoms with E-state index in [-0.39, 0.29) is 11.9 Å². The minimum Gasteiger partial charge on any atom is -0.451 e. The minimum absolute atomic E-state index is 0.0678. The number of para-hydroxylation sites is 1. The predicted octanol–water partition coefficient (Wildman–Crippen LogP) is 3.11. The number of carbonyl (C=O) groups is 1. The van der Waals surface area contributed by atoms with Gasteiger partial charge in [-0.1, -0.05) is 18.2 Å². The topological polar surface area (TPSA) is 75.7 Å². The highest BCUT2D eigenvalue weighted by Gasteiger charge is 2.30. The number of methoxy groups -OCH3 is 1. The van der Waals surface area contributed by atoms with Crippen LogP contribution >= 0.6 is 0 Å². The van der Waals surface area contributed by atoms with Crippen LogP contribution in [0.2, 0.25) is 0 Å². The first-order valence-corrected chi connectivity index (χ1v) is 8.51. The van der Waals surface area contributed by atoms with E-state index in [0.29, 0.717) is 44.1 Å². The molecule has 1 fully saturated rings. The number of amides is 1. The molecule has 1 saturated heterocycles. The average molecular weight is 342 g/mol. The SMILES string of the molecule is COCc1c(C(=O)N(CCC#N)C2CCOCC2)oc2ccccc12. The Morgan fingerprint density at radius 2 is 2.12 bits per heavy atom. The molecular formula is C19H22N2O4. The van der Waals surface area contributed by atoms with E-state index >= 15 is 0 Å². The number of hydrogen-bond donors (Lipinski definition) is 0. The van der Waals surface area contributed by atoms with Crippen molar-refractivity contribution in [2.75, 3.05) is 26.9 Å². The van der Waals surface area contributed by atoms with E-state index in [9.17, 15) is 4.79 Å². The predicted molar refractivity (Wildman–Crippen MR) is 92.0 cm³/mol. The van der Waals surface area contributed by atoms with Crippen molar-refractivity contribution in [3.8, 4) is 6.07 Å². The zero-order chi connectivity index (χ0) is 17.6. The quantitative estimate of drug-likeness (QED) is 0.806. The number of carbonyl (C=O) groups excluding carboxylic acids is 1. The molecule has 1 amide bonds. The van der Waals surface area contributed by atoms with E-state index in [1.54, 1.807) is 12.0 Å². The maximum atomic E-state index is 13.2. The molecule has 6 heteroatoms. The fourth-order valence-corrected chi connectivity index (χ4v) is 3.31. The molecule has 1 aliphatic heterocycles. The molecule has 1 aromatic heterocycles. The number of furan rings is 1. The summed E-state index contributed by atoms with van der Waals surface area (Å²) in [5, 5.41) is 9.85. The molecule has 0 radical (unpaired) electrons. The summed E-state index contributed by atoms with van der Waals surface area (Å²) >= 11 is 0. The van der Waals surface area contributed by atoms with Gasteiger partial charge in [-0.25, -0.2) is 0 Å². The van der Waals surface area contributed by atoms with Crippen LogP contribution in [0.25, 0.3) is 11.0 Å². The molecule has 0 aliphatic carbocycles. The van der Waals surface area contributed by atoms with Crippen LogP contribution in [-0.4, -0.2) is 43.7 Å². The zero-order valence-electron chi connectivity index (χ0n) is 14.4. The van der Waals surface area contributed by atoms with Crippen LogP contribution in [-0.2, 0) is 16.1 Å². The van der Waals surface area contributed by atoms with Gasteiger partial charge < -0.3 is 18.8 Å². The van der Waals surface area contributed by atoms with E-state index in [1.807, 2.05) is 24.3 Å². The van der Waals surface area contributed by atoms with Gasteiger partial charge in [-0.05, 0) is 18.9 Å². The molecule has 2 aromatic rings. The van der Waals surface area contributed by atoms with Crippen molar-refractivity contribution in [3.63, 3.8) is 0 Å². The maximum Gasteiger partial charge on any atom is 0.290 e. The Kier molecular flexibility index (Phi) is 5.69. The Morgan fingerprint density at radius 3 is 2.84 bits per heavy atom. The summed E-state index contributed by atoms with van der Waals surface area (Å²) < 4.78 is 16.6. The second-order valence-corrected chi connectivity index (χ2v) is 6.09. The molecule has 0 N–H and O–H groups in total. The molecule has 2 heterocycles. The van der Waals surface area contributed by atoms with E-state index < -0.39 is 0 Å². The van der Waals surface area contributed by atoms with Crippen molar-refractivity contribution in [2.24, 2.45) is 0 Å². The molecule has 0 atom stereocenters. The smallest absolute Gasteiger partial charge is 0.290 e. The molecule has 6 nitrogen and oxygen atoms in total. The first kappa shape index (κ1) is 17.5. The Labute approximate surface area is 146 Å². The molecule has 1 aliphatic rings. The van der Waals surface area contributed by atoms with Gasteiger partial charge in [0.15, 0.2) is 5.76 Å². The van der Waals surface area contributed by atoms with E-state index in [1.165, 1.54) is 0 Å². The molecular weight excluding hydrogens is 320 g/mol. The fourth-order valence-electron chi connectivity index (χ4n) is 3.31. The molecule has 0 spiro atoms. The zero-order valence-corrected chi connectivity index (χ0v) is 14.4. The summed E-state index contributed by atoms with van der Waals surface area (Å²) in [6.07, 6.45) is 1.84. The molecule has 0 saturated carbocycles. The highest BCUT2D eigenvalue weighted by Crippen LogP contribution is 2.29. The van der Waals surface area contributed by atoms with Gasteiger partial charge in [0.1, 0.15) is 5.58 Å². The van der Waals surface area contributed by atoms with Crippen LogP contribution in [0.5, 0.6) is 0 Å². The number of rotatable bonds is 6. The number of fused-ring (bicyclic) bond motifs is 1. The molecule has 0 unspecified atom stereocenters. The van der Waals surface area contributed by atoms with Crippen LogP contribution in [0.15, 0.2) is 28.7 Å². The Balaban J connectivity index is 1.96. The maximum absolute atomic E-state index is 13.2. The Hall–Kier alpha value is -2.36. The molecule has 1 aromatic carbocycles. The second kappa shape index (κ2) is 8.15. The van der Waals surface area contributed by atoms with E-state index in [2.05, 4.69) is 6.07 Å². The highest BCUT2D eigenvalue weighted by atomic mass is 16.5. The Bertz CT molecular complexity index is 771. The van der Waals surface area contributed by atoms with Gasteiger partial charge in [0.25, 0.3) is 5.91 Å². The third-order valence-electron chi connectivity index (χ3n) is 4.54. The Morgan fingerprint density at radius 1 is 1.36 bits per heavy atom. The third kappa shape index (κ3) is 3.68. The van der Waals surface area contributed by atoms with E-state index in [4.69, 9.17) is 19.2 Å². The second-order valence-electron chi connectivity index (χ2n) is 6.09. The summed E-state index contributed by atoms with van der Waals surface area (Å²) in [7, 11) is 1.60. The van der Waals surface area contributed by atoms with Crippen molar-refractivity contribution in [2.45, 2.75) is 31.9 Å². The summed E-state index contributed by atoms with van der Waals surface area (Å²) in [5.74, 6) is 0.137. The lowest BCUT2D eigenvalue weighted by atomic mass is 10.0. The van der Waals surface area contributed by atoms with Crippen LogP contribution in [0.3, 0.4) is 0 Å². The van der Waals surface area contributed by atoms with Crippen molar-refractivity contribution in [3.05, 3.63) is 35.6 Å². The number of benzene rings is 1. The largest absolute Gasteiger partial charge is 0.451 e. The number of ether oxygens (including phenoxy) is 2. The normalized spacial score (nSPS) is 15.2. The molecule has 25 heavy (non-hydrogen) atoms. The monoisotopic (exact) mass is 342 g/mol. The van der Waals surface area contributed by atoms with Gasteiger partial charge in [0.2, 0.25) is 0 Å². The fraction of sp³-hybridized carbons (Fsp3) is 0.474. The summed E-state index contributed by atoms with van der Waals surface area (Å²) in [6.45, 7) is 1.96. The van der Waals surface area contributed by atoms with Gasteiger partial charge in [-0.2, -0.15) is 5.26 Å². The first-order valence-electron chi connectivity index (χ1n) is 8.51. The van der Waals surface area contributed by atoms with Crippen LogP contribution in [0.4, 0.5) is 0 Å². The van der Waals surface area contributed by atoms with Gasteiger partial charge in [0.05, 0.1) is 19.1 Å². The third-order valence-corrected chi connectivity index (χ3v) is 4.54. The number of nitrogens with zero attached hydrogens (tertiary/aromatic N) is 2. The van der Waals surface area contributed by atoms with Crippen molar-refractivity contribution >= 4 is 16.9 Å². The summed E-state index contributed by atoms with van der Waals surface area (Å²) in [4.78, 5) is 15.0. The van der Waals surface area contributed by atoms with Crippen LogP contribution in [0.1, 0.15) is 35.4 Å². The summed E-state index contributed by atoms with van der Waals surface area (Å²) in [5.41, 5.74) is 1.43. The minimum atomic E-state index is -0.176. The molecule has 0 bridgehead atoms.